The average Bonchev–Trinajstić information content (AvgIpc) is 3.70. The van der Waals surface area contributed by atoms with Crippen LogP contribution in [0.1, 0.15) is 45.1 Å². The van der Waals surface area contributed by atoms with Crippen molar-refractivity contribution in [1.82, 2.24) is 24.5 Å². The van der Waals surface area contributed by atoms with Crippen molar-refractivity contribution in [3.63, 3.8) is 0 Å². The van der Waals surface area contributed by atoms with Crippen molar-refractivity contribution >= 4 is 17.6 Å². The number of piperidine rings is 1. The Hall–Kier alpha value is -3.78. The number of nitrogens with zero attached hydrogens (tertiary/aromatic N) is 6. The molecule has 3 fully saturated rings. The van der Waals surface area contributed by atoms with E-state index in [2.05, 4.69) is 72.4 Å². The number of hydrogen-bond donors (Lipinski definition) is 0. The SMILES string of the molecule is CC(C)N1CCC2(CC1)N=C(c1ccc(-c3ccc(-c4cnn(C)c4)cc3)cc1)N(CC1CN(C(=O)C3CC3)C1)C2=O. The molecule has 3 aromatic rings. The molecule has 2 saturated heterocycles. The number of carbonyl (C=O) groups excluding carboxylic acids is 2. The number of carbonyl (C=O) groups is 2. The Labute approximate surface area is 248 Å². The molecule has 8 heteroatoms. The maximum absolute atomic E-state index is 14.1. The topological polar surface area (TPSA) is 74.0 Å². The molecule has 1 saturated carbocycles. The number of benzene rings is 2. The van der Waals surface area contributed by atoms with E-state index in [1.165, 1.54) is 0 Å². The van der Waals surface area contributed by atoms with Gasteiger partial charge in [0.15, 0.2) is 0 Å². The van der Waals surface area contributed by atoms with Gasteiger partial charge in [-0.2, -0.15) is 5.10 Å². The zero-order valence-corrected chi connectivity index (χ0v) is 24.9. The van der Waals surface area contributed by atoms with Crippen molar-refractivity contribution in [2.75, 3.05) is 32.7 Å². The summed E-state index contributed by atoms with van der Waals surface area (Å²) in [6.45, 7) is 8.32. The lowest BCUT2D eigenvalue weighted by Crippen LogP contribution is -2.57. The van der Waals surface area contributed by atoms with Crippen molar-refractivity contribution < 1.29 is 9.59 Å². The van der Waals surface area contributed by atoms with Crippen LogP contribution in [-0.4, -0.2) is 86.4 Å². The Morgan fingerprint density at radius 1 is 0.905 bits per heavy atom. The van der Waals surface area contributed by atoms with Gasteiger partial charge in [-0.05, 0) is 56.2 Å². The Morgan fingerprint density at radius 3 is 2.00 bits per heavy atom. The second-order valence-electron chi connectivity index (χ2n) is 13.0. The number of aromatic nitrogens is 2. The highest BCUT2D eigenvalue weighted by molar-refractivity contribution is 6.15. The number of amides is 2. The van der Waals surface area contributed by atoms with Gasteiger partial charge in [-0.25, -0.2) is 0 Å². The summed E-state index contributed by atoms with van der Waals surface area (Å²) in [6.07, 6.45) is 7.46. The summed E-state index contributed by atoms with van der Waals surface area (Å²) >= 11 is 0. The highest BCUT2D eigenvalue weighted by Crippen LogP contribution is 2.38. The minimum absolute atomic E-state index is 0.142. The van der Waals surface area contributed by atoms with Gasteiger partial charge in [0, 0.05) is 75.0 Å². The number of hydrogen-bond acceptors (Lipinski definition) is 5. The fraction of sp³-hybridized carbons (Fsp3) is 0.471. The van der Waals surface area contributed by atoms with Crippen LogP contribution in [0.5, 0.6) is 0 Å². The van der Waals surface area contributed by atoms with E-state index < -0.39 is 5.54 Å². The largest absolute Gasteiger partial charge is 0.342 e. The summed E-state index contributed by atoms with van der Waals surface area (Å²) < 4.78 is 1.81. The first-order valence-electron chi connectivity index (χ1n) is 15.4. The first-order valence-corrected chi connectivity index (χ1v) is 15.4. The predicted molar refractivity (Wildman–Crippen MR) is 164 cm³/mol. The number of rotatable bonds is 7. The fourth-order valence-electron chi connectivity index (χ4n) is 6.73. The van der Waals surface area contributed by atoms with Gasteiger partial charge < -0.3 is 9.80 Å². The van der Waals surface area contributed by atoms with Crippen LogP contribution >= 0.6 is 0 Å². The van der Waals surface area contributed by atoms with E-state index in [9.17, 15) is 9.59 Å². The van der Waals surface area contributed by atoms with Crippen LogP contribution in [0.25, 0.3) is 22.3 Å². The summed E-state index contributed by atoms with van der Waals surface area (Å²) in [5.74, 6) is 1.78. The molecular formula is C34H40N6O2. The first kappa shape index (κ1) is 27.1. The lowest BCUT2D eigenvalue weighted by molar-refractivity contribution is -0.140. The maximum atomic E-state index is 14.1. The van der Waals surface area contributed by atoms with Crippen LogP contribution in [0.2, 0.25) is 0 Å². The molecule has 4 aliphatic rings. The van der Waals surface area contributed by atoms with E-state index in [4.69, 9.17) is 4.99 Å². The van der Waals surface area contributed by atoms with Crippen LogP contribution in [0, 0.1) is 11.8 Å². The third-order valence-electron chi connectivity index (χ3n) is 9.61. The van der Waals surface area contributed by atoms with Gasteiger partial charge in [-0.15, -0.1) is 0 Å². The highest BCUT2D eigenvalue weighted by Gasteiger charge is 2.51. The first-order chi connectivity index (χ1) is 20.3. The van der Waals surface area contributed by atoms with E-state index in [0.717, 1.165) is 85.5 Å². The number of aryl methyl sites for hydroxylation is 1. The second-order valence-corrected chi connectivity index (χ2v) is 13.0. The van der Waals surface area contributed by atoms with Gasteiger partial charge in [-0.1, -0.05) is 48.5 Å². The van der Waals surface area contributed by atoms with Crippen molar-refractivity contribution in [3.05, 3.63) is 66.5 Å². The third-order valence-corrected chi connectivity index (χ3v) is 9.61. The minimum Gasteiger partial charge on any atom is -0.342 e. The monoisotopic (exact) mass is 564 g/mol. The van der Waals surface area contributed by atoms with Crippen LogP contribution < -0.4 is 0 Å². The van der Waals surface area contributed by atoms with Crippen LogP contribution in [0.3, 0.4) is 0 Å². The Morgan fingerprint density at radius 2 is 1.48 bits per heavy atom. The predicted octanol–water partition coefficient (Wildman–Crippen LogP) is 4.45. The molecule has 0 N–H and O–H groups in total. The van der Waals surface area contributed by atoms with Crippen molar-refractivity contribution in [3.8, 4) is 22.3 Å². The molecule has 2 amide bonds. The molecule has 218 valence electrons. The molecule has 1 spiro atoms. The summed E-state index contributed by atoms with van der Waals surface area (Å²) in [5, 5.41) is 4.28. The van der Waals surface area contributed by atoms with Crippen molar-refractivity contribution in [1.29, 1.82) is 0 Å². The van der Waals surface area contributed by atoms with Crippen LogP contribution in [0.4, 0.5) is 0 Å². The standard InChI is InChI=1S/C34H40N6O2/c1-23(2)38-16-14-34(15-17-38)33(42)40(21-24-19-39(20-24)32(41)29-12-13-29)31(36-34)28-10-8-26(9-11-28)25-4-6-27(7-5-25)30-18-35-37(3)22-30/h4-11,18,22-24,29H,12-17,19-21H2,1-3H3. The zero-order chi connectivity index (χ0) is 29.0. The molecule has 1 aromatic heterocycles. The van der Waals surface area contributed by atoms with Crippen molar-refractivity contribution in [2.45, 2.75) is 51.1 Å². The van der Waals surface area contributed by atoms with E-state index in [0.29, 0.717) is 24.4 Å². The van der Waals surface area contributed by atoms with Gasteiger partial charge in [0.25, 0.3) is 5.91 Å². The van der Waals surface area contributed by atoms with Gasteiger partial charge >= 0.3 is 0 Å². The number of aliphatic imine (C=N–C) groups is 1. The highest BCUT2D eigenvalue weighted by atomic mass is 16.2. The van der Waals surface area contributed by atoms with Crippen LogP contribution in [0.15, 0.2) is 65.9 Å². The zero-order valence-electron chi connectivity index (χ0n) is 24.9. The van der Waals surface area contributed by atoms with E-state index >= 15 is 0 Å². The van der Waals surface area contributed by atoms with Crippen LogP contribution in [-0.2, 0) is 16.6 Å². The van der Waals surface area contributed by atoms with Crippen molar-refractivity contribution in [2.24, 2.45) is 23.9 Å². The number of amidine groups is 1. The molecule has 1 aliphatic carbocycles. The van der Waals surface area contributed by atoms with E-state index in [-0.39, 0.29) is 11.8 Å². The molecule has 0 atom stereocenters. The Bertz CT molecular complexity index is 1500. The molecule has 3 aliphatic heterocycles. The summed E-state index contributed by atoms with van der Waals surface area (Å²) in [6, 6.07) is 17.5. The fourth-order valence-corrected chi connectivity index (χ4v) is 6.73. The molecule has 2 aromatic carbocycles. The van der Waals surface area contributed by atoms with Gasteiger partial charge in [0.2, 0.25) is 5.91 Å². The molecule has 8 nitrogen and oxygen atoms in total. The van der Waals surface area contributed by atoms with E-state index in [1.54, 1.807) is 0 Å². The second kappa shape index (κ2) is 10.5. The quantitative estimate of drug-likeness (QED) is 0.425. The lowest BCUT2D eigenvalue weighted by atomic mass is 9.87. The molecule has 4 heterocycles. The van der Waals surface area contributed by atoms with E-state index in [1.807, 2.05) is 33.9 Å². The number of likely N-dealkylation sites (tertiary alicyclic amines) is 2. The molecule has 0 unspecified atom stereocenters. The normalized spacial score (nSPS) is 20.9. The lowest BCUT2D eigenvalue weighted by Gasteiger charge is -2.42. The summed E-state index contributed by atoms with van der Waals surface area (Å²) in [7, 11) is 1.93. The third kappa shape index (κ3) is 4.96. The smallest absolute Gasteiger partial charge is 0.256 e. The molecule has 0 radical (unpaired) electrons. The maximum Gasteiger partial charge on any atom is 0.256 e. The summed E-state index contributed by atoms with van der Waals surface area (Å²) in [5.41, 5.74) is 4.81. The Kier molecular flexibility index (Phi) is 6.76. The average molecular weight is 565 g/mol. The summed E-state index contributed by atoms with van der Waals surface area (Å²) in [4.78, 5) is 38.2. The van der Waals surface area contributed by atoms with Gasteiger partial charge in [0.05, 0.1) is 6.20 Å². The molecular weight excluding hydrogens is 524 g/mol. The molecule has 0 bridgehead atoms. The Balaban J connectivity index is 1.11. The van der Waals surface area contributed by atoms with Gasteiger partial charge in [-0.3, -0.25) is 24.2 Å². The van der Waals surface area contributed by atoms with Gasteiger partial charge in [0.1, 0.15) is 11.4 Å². The molecule has 7 rings (SSSR count). The minimum atomic E-state index is -0.672. The molecule has 42 heavy (non-hydrogen) atoms.